The van der Waals surface area contributed by atoms with Gasteiger partial charge in [-0.1, -0.05) is 0 Å². The van der Waals surface area contributed by atoms with Crippen LogP contribution in [0, 0.1) is 10.1 Å². The van der Waals surface area contributed by atoms with Crippen molar-refractivity contribution < 1.29 is 14.5 Å². The van der Waals surface area contributed by atoms with Crippen LogP contribution in [-0.2, 0) is 4.79 Å². The van der Waals surface area contributed by atoms with E-state index in [2.05, 4.69) is 9.72 Å². The normalized spacial score (nSPS) is 9.31. The third-order valence-corrected chi connectivity index (χ3v) is 1.18. The van der Waals surface area contributed by atoms with E-state index in [1.807, 2.05) is 0 Å². The Labute approximate surface area is 73.3 Å². The smallest absolute Gasteiger partial charge is 0.309 e. The van der Waals surface area contributed by atoms with Crippen molar-refractivity contribution in [3.63, 3.8) is 0 Å². The van der Waals surface area contributed by atoms with Crippen LogP contribution in [0.4, 0.5) is 5.69 Å². The van der Waals surface area contributed by atoms with Gasteiger partial charge in [-0.3, -0.25) is 14.9 Å². The summed E-state index contributed by atoms with van der Waals surface area (Å²) in [5, 5.41) is 10.2. The van der Waals surface area contributed by atoms with Gasteiger partial charge >= 0.3 is 5.97 Å². The van der Waals surface area contributed by atoms with Crippen LogP contribution in [0.5, 0.6) is 5.88 Å². The number of nitrogens with zero attached hydrogens (tertiary/aromatic N) is 2. The Hall–Kier alpha value is -1.98. The third-order valence-electron chi connectivity index (χ3n) is 1.18. The monoisotopic (exact) mass is 182 g/mol. The quantitative estimate of drug-likeness (QED) is 0.385. The maximum atomic E-state index is 10.4. The third kappa shape index (κ3) is 2.51. The zero-order valence-electron chi connectivity index (χ0n) is 6.76. The summed E-state index contributed by atoms with van der Waals surface area (Å²) in [7, 11) is 0. The van der Waals surface area contributed by atoms with Gasteiger partial charge < -0.3 is 4.74 Å². The topological polar surface area (TPSA) is 82.3 Å². The summed E-state index contributed by atoms with van der Waals surface area (Å²) in [6.07, 6.45) is 1.03. The van der Waals surface area contributed by atoms with Crippen molar-refractivity contribution in [3.8, 4) is 5.88 Å². The fraction of sp³-hybridized carbons (Fsp3) is 0.143. The first-order valence-corrected chi connectivity index (χ1v) is 3.38. The Morgan fingerprint density at radius 3 is 2.69 bits per heavy atom. The van der Waals surface area contributed by atoms with Crippen LogP contribution in [0.2, 0.25) is 0 Å². The zero-order valence-corrected chi connectivity index (χ0v) is 6.76. The van der Waals surface area contributed by atoms with Crippen molar-refractivity contribution in [2.45, 2.75) is 6.92 Å². The number of esters is 1. The van der Waals surface area contributed by atoms with Crippen molar-refractivity contribution in [2.75, 3.05) is 0 Å². The molecule has 0 spiro atoms. The van der Waals surface area contributed by atoms with Crippen LogP contribution < -0.4 is 4.74 Å². The molecule has 0 aliphatic rings. The lowest BCUT2D eigenvalue weighted by atomic mass is 10.4. The number of ether oxygens (including phenoxy) is 1. The Bertz CT molecular complexity index is 333. The van der Waals surface area contributed by atoms with Gasteiger partial charge in [-0.2, -0.15) is 0 Å². The van der Waals surface area contributed by atoms with E-state index in [-0.39, 0.29) is 11.6 Å². The van der Waals surface area contributed by atoms with Gasteiger partial charge in [0.25, 0.3) is 5.69 Å². The molecule has 0 aromatic carbocycles. The highest BCUT2D eigenvalue weighted by Gasteiger charge is 2.06. The van der Waals surface area contributed by atoms with E-state index in [0.717, 1.165) is 6.20 Å². The van der Waals surface area contributed by atoms with E-state index in [0.29, 0.717) is 0 Å². The molecule has 0 saturated heterocycles. The summed E-state index contributed by atoms with van der Waals surface area (Å²) in [6.45, 7) is 1.23. The molecular weight excluding hydrogens is 176 g/mol. The Kier molecular flexibility index (Phi) is 2.53. The molecule has 1 rings (SSSR count). The van der Waals surface area contributed by atoms with Crippen LogP contribution in [-0.4, -0.2) is 15.9 Å². The number of carbonyl (C=O) groups excluding carboxylic acids is 1. The number of aromatic nitrogens is 1. The lowest BCUT2D eigenvalue weighted by Crippen LogP contribution is -2.02. The summed E-state index contributed by atoms with van der Waals surface area (Å²) in [5.74, 6) is -0.459. The maximum Gasteiger partial charge on any atom is 0.309 e. The lowest BCUT2D eigenvalue weighted by Gasteiger charge is -1.97. The molecule has 0 fully saturated rings. The molecular formula is C7H6N2O4. The number of carbonyl (C=O) groups is 1. The van der Waals surface area contributed by atoms with Gasteiger partial charge in [0, 0.05) is 19.1 Å². The predicted molar refractivity (Wildman–Crippen MR) is 42.2 cm³/mol. The highest BCUT2D eigenvalue weighted by molar-refractivity contribution is 5.68. The molecule has 1 aromatic rings. The summed E-state index contributed by atoms with van der Waals surface area (Å²) in [4.78, 5) is 23.6. The number of hydrogen-bond donors (Lipinski definition) is 0. The minimum Gasteiger partial charge on any atom is -0.408 e. The first-order chi connectivity index (χ1) is 6.09. The van der Waals surface area contributed by atoms with Crippen molar-refractivity contribution in [1.29, 1.82) is 0 Å². The molecule has 6 nitrogen and oxygen atoms in total. The Morgan fingerprint density at radius 1 is 1.62 bits per heavy atom. The Balaban J connectivity index is 2.81. The van der Waals surface area contributed by atoms with E-state index in [9.17, 15) is 14.9 Å². The van der Waals surface area contributed by atoms with Crippen LogP contribution in [0.3, 0.4) is 0 Å². The van der Waals surface area contributed by atoms with Crippen LogP contribution >= 0.6 is 0 Å². The first kappa shape index (κ1) is 9.11. The van der Waals surface area contributed by atoms with E-state index >= 15 is 0 Å². The summed E-state index contributed by atoms with van der Waals surface area (Å²) in [6, 6.07) is 2.48. The van der Waals surface area contributed by atoms with Crippen LogP contribution in [0.15, 0.2) is 18.3 Å². The standard InChI is InChI=1S/C7H6N2O4/c1-5(10)13-7-3-2-6(4-8-7)9(11)12/h2-4H,1H3. The van der Waals surface area contributed by atoms with Gasteiger partial charge in [0.15, 0.2) is 0 Å². The second-order valence-corrected chi connectivity index (χ2v) is 2.21. The van der Waals surface area contributed by atoms with Gasteiger partial charge in [-0.15, -0.1) is 0 Å². The molecule has 13 heavy (non-hydrogen) atoms. The maximum absolute atomic E-state index is 10.4. The van der Waals surface area contributed by atoms with Crippen LogP contribution in [0.1, 0.15) is 6.92 Å². The van der Waals surface area contributed by atoms with Gasteiger partial charge in [-0.05, 0) is 0 Å². The molecule has 68 valence electrons. The number of pyridine rings is 1. The minimum absolute atomic E-state index is 0.0538. The molecule has 6 heteroatoms. The summed E-state index contributed by atoms with van der Waals surface area (Å²) >= 11 is 0. The average Bonchev–Trinajstić information content (AvgIpc) is 2.04. The SMILES string of the molecule is CC(=O)Oc1ccc([N+](=O)[O-])cn1. The molecule has 0 aliphatic heterocycles. The van der Waals surface area contributed by atoms with E-state index in [1.54, 1.807) is 0 Å². The van der Waals surface area contributed by atoms with Gasteiger partial charge in [0.2, 0.25) is 5.88 Å². The molecule has 0 N–H and O–H groups in total. The average molecular weight is 182 g/mol. The van der Waals surface area contributed by atoms with Crippen LogP contribution in [0.25, 0.3) is 0 Å². The Morgan fingerprint density at radius 2 is 2.31 bits per heavy atom. The lowest BCUT2D eigenvalue weighted by molar-refractivity contribution is -0.385. The molecule has 1 aromatic heterocycles. The number of hydrogen-bond acceptors (Lipinski definition) is 5. The van der Waals surface area contributed by atoms with Crippen molar-refractivity contribution in [1.82, 2.24) is 4.98 Å². The number of nitro groups is 1. The van der Waals surface area contributed by atoms with Gasteiger partial charge in [0.05, 0.1) is 4.92 Å². The molecule has 0 amide bonds. The second-order valence-electron chi connectivity index (χ2n) is 2.21. The van der Waals surface area contributed by atoms with Crippen molar-refractivity contribution >= 4 is 11.7 Å². The largest absolute Gasteiger partial charge is 0.408 e. The fourth-order valence-electron chi connectivity index (χ4n) is 0.688. The molecule has 1 heterocycles. The molecule has 0 unspecified atom stereocenters. The highest BCUT2D eigenvalue weighted by atomic mass is 16.6. The molecule has 0 aliphatic carbocycles. The first-order valence-electron chi connectivity index (χ1n) is 3.38. The zero-order chi connectivity index (χ0) is 9.84. The summed E-state index contributed by atoms with van der Waals surface area (Å²) in [5.41, 5.74) is -0.143. The fourth-order valence-corrected chi connectivity index (χ4v) is 0.688. The number of rotatable bonds is 2. The molecule has 0 bridgehead atoms. The van der Waals surface area contributed by atoms with E-state index < -0.39 is 10.9 Å². The molecule has 0 saturated carbocycles. The second kappa shape index (κ2) is 3.61. The van der Waals surface area contributed by atoms with E-state index in [4.69, 9.17) is 0 Å². The van der Waals surface area contributed by atoms with E-state index in [1.165, 1.54) is 19.1 Å². The highest BCUT2D eigenvalue weighted by Crippen LogP contribution is 2.13. The van der Waals surface area contributed by atoms with Gasteiger partial charge in [-0.25, -0.2) is 4.98 Å². The summed E-state index contributed by atoms with van der Waals surface area (Å²) < 4.78 is 4.58. The minimum atomic E-state index is -0.579. The molecule has 0 atom stereocenters. The van der Waals surface area contributed by atoms with Gasteiger partial charge in [0.1, 0.15) is 6.20 Å². The molecule has 0 radical (unpaired) electrons. The predicted octanol–water partition coefficient (Wildman–Crippen LogP) is 0.915. The van der Waals surface area contributed by atoms with Crippen molar-refractivity contribution in [3.05, 3.63) is 28.4 Å². The van der Waals surface area contributed by atoms with Crippen molar-refractivity contribution in [2.24, 2.45) is 0 Å².